The van der Waals surface area contributed by atoms with Gasteiger partial charge in [-0.25, -0.2) is 0 Å². The Hall–Kier alpha value is 0.220. The van der Waals surface area contributed by atoms with E-state index in [0.29, 0.717) is 7.92 Å². The zero-order valence-corrected chi connectivity index (χ0v) is 10.3. The maximum atomic E-state index is 11.1. The third-order valence-corrected chi connectivity index (χ3v) is 0.494. The number of rotatable bonds is 0. The Morgan fingerprint density at radius 2 is 1.40 bits per heavy atom. The van der Waals surface area contributed by atoms with E-state index in [1.54, 1.807) is 0 Å². The zero-order valence-electron chi connectivity index (χ0n) is 7.91. The van der Waals surface area contributed by atoms with E-state index in [1.165, 1.54) is 0 Å². The molecule has 0 aromatic rings. The molecular formula is C5H9AgF6N2P. The second kappa shape index (κ2) is 9.45. The topological polar surface area (TPSA) is 15.6 Å². The van der Waals surface area contributed by atoms with E-state index in [2.05, 4.69) is 20.0 Å². The molecule has 0 N–H and O–H groups in total. The summed E-state index contributed by atoms with van der Waals surface area (Å²) >= 11 is 0. The van der Waals surface area contributed by atoms with Crippen molar-refractivity contribution in [1.29, 1.82) is 0 Å². The van der Waals surface area contributed by atoms with Crippen LogP contribution in [0.25, 0.3) is 0 Å². The van der Waals surface area contributed by atoms with Crippen molar-refractivity contribution in [3.05, 3.63) is 0 Å². The van der Waals surface area contributed by atoms with E-state index in [9.17, 15) is 26.6 Å². The number of halogens is 6. The van der Waals surface area contributed by atoms with Crippen LogP contribution in [-0.4, -0.2) is 37.4 Å². The summed E-state index contributed by atoms with van der Waals surface area (Å²) in [5.41, 5.74) is 0. The Labute approximate surface area is 99.8 Å². The molecule has 97 valence electrons. The van der Waals surface area contributed by atoms with Crippen LogP contribution >= 0.6 is 7.92 Å². The third-order valence-electron chi connectivity index (χ3n) is 0.494. The molecule has 0 saturated carbocycles. The predicted octanol–water partition coefficient (Wildman–Crippen LogP) is 3.26. The molecule has 15 heavy (non-hydrogen) atoms. The SMILES string of the molecule is CP(C)C.FN=C(N(F)F)C(F)(F)F.[Ag]. The maximum Gasteiger partial charge on any atom is 0.457 e. The van der Waals surface area contributed by atoms with Crippen molar-refractivity contribution in [3.63, 3.8) is 0 Å². The van der Waals surface area contributed by atoms with Gasteiger partial charge in [-0.2, -0.15) is 13.2 Å². The number of hydrogen-bond acceptors (Lipinski definition) is 1. The molecule has 0 aliphatic carbocycles. The molecule has 0 saturated heterocycles. The minimum absolute atomic E-state index is 0. The third kappa shape index (κ3) is 14.2. The first-order valence-electron chi connectivity index (χ1n) is 3.11. The van der Waals surface area contributed by atoms with Crippen molar-refractivity contribution in [3.8, 4) is 0 Å². The van der Waals surface area contributed by atoms with Crippen molar-refractivity contribution in [2.45, 2.75) is 6.18 Å². The van der Waals surface area contributed by atoms with Crippen molar-refractivity contribution in [2.75, 3.05) is 20.0 Å². The maximum absolute atomic E-state index is 11.1. The van der Waals surface area contributed by atoms with Gasteiger partial charge < -0.3 is 0 Å². The first-order valence-corrected chi connectivity index (χ1v) is 5.80. The normalized spacial score (nSPS) is 11.5. The van der Waals surface area contributed by atoms with Gasteiger partial charge in [0.15, 0.2) is 0 Å². The van der Waals surface area contributed by atoms with Crippen molar-refractivity contribution >= 4 is 13.8 Å². The summed E-state index contributed by atoms with van der Waals surface area (Å²) < 4.78 is 65.9. The molecule has 0 heterocycles. The van der Waals surface area contributed by atoms with Crippen LogP contribution in [-0.2, 0) is 22.4 Å². The van der Waals surface area contributed by atoms with Crippen LogP contribution in [0.2, 0.25) is 0 Å². The molecule has 2 nitrogen and oxygen atoms in total. The predicted molar refractivity (Wildman–Crippen MR) is 43.3 cm³/mol. The van der Waals surface area contributed by atoms with E-state index in [0.717, 1.165) is 5.21 Å². The van der Waals surface area contributed by atoms with Gasteiger partial charge in [-0.05, 0) is 25.3 Å². The molecule has 0 aliphatic heterocycles. The summed E-state index contributed by atoms with van der Waals surface area (Å²) in [5.74, 6) is -2.87. The molecule has 0 rings (SSSR count). The van der Waals surface area contributed by atoms with Crippen LogP contribution < -0.4 is 0 Å². The van der Waals surface area contributed by atoms with Gasteiger partial charge in [-0.15, -0.1) is 7.92 Å². The summed E-state index contributed by atoms with van der Waals surface area (Å²) in [4.78, 5) is 0. The van der Waals surface area contributed by atoms with E-state index in [-0.39, 0.29) is 22.4 Å². The summed E-state index contributed by atoms with van der Waals surface area (Å²) in [5, 5.41) is -1.62. The first-order chi connectivity index (χ1) is 6.12. The summed E-state index contributed by atoms with van der Waals surface area (Å²) in [7, 11) is 0.380. The quantitative estimate of drug-likeness (QED) is 0.164. The van der Waals surface area contributed by atoms with Crippen LogP contribution in [0, 0.1) is 0 Å². The molecule has 0 aliphatic rings. The van der Waals surface area contributed by atoms with Crippen LogP contribution in [0.1, 0.15) is 0 Å². The van der Waals surface area contributed by atoms with Gasteiger partial charge in [0.1, 0.15) is 0 Å². The smallest absolute Gasteiger partial charge is 0.163 e. The van der Waals surface area contributed by atoms with Gasteiger partial charge in [0.25, 0.3) is 0 Å². The van der Waals surface area contributed by atoms with Crippen LogP contribution in [0.5, 0.6) is 0 Å². The molecule has 0 unspecified atom stereocenters. The Kier molecular flexibility index (Phi) is 13.0. The first kappa shape index (κ1) is 20.6. The molecule has 1 radical (unpaired) electrons. The van der Waals surface area contributed by atoms with Gasteiger partial charge in [0, 0.05) is 22.4 Å². The minimum Gasteiger partial charge on any atom is -0.163 e. The Morgan fingerprint density at radius 3 is 1.40 bits per heavy atom. The van der Waals surface area contributed by atoms with Gasteiger partial charge in [-0.3, -0.25) is 0 Å². The average molecular weight is 350 g/mol. The summed E-state index contributed by atoms with van der Waals surface area (Å²) in [6.45, 7) is 6.69. The fourth-order valence-electron chi connectivity index (χ4n) is 0.172. The Bertz CT molecular complexity index is 180. The van der Waals surface area contributed by atoms with Crippen LogP contribution in [0.3, 0.4) is 0 Å². The molecule has 0 fully saturated rings. The number of amidine groups is 1. The number of nitrogens with zero attached hydrogens (tertiary/aromatic N) is 2. The van der Waals surface area contributed by atoms with Crippen molar-refractivity contribution < 1.29 is 49.0 Å². The Morgan fingerprint density at radius 1 is 1.13 bits per heavy atom. The number of hydrogen-bond donors (Lipinski definition) is 0. The van der Waals surface area contributed by atoms with Crippen LogP contribution in [0.4, 0.5) is 26.6 Å². The van der Waals surface area contributed by atoms with Gasteiger partial charge in [0.2, 0.25) is 0 Å². The molecule has 0 aromatic carbocycles. The second-order valence-corrected chi connectivity index (χ2v) is 5.16. The Balaban J connectivity index is -0.000000249. The van der Waals surface area contributed by atoms with Crippen molar-refractivity contribution in [2.24, 2.45) is 5.21 Å². The van der Waals surface area contributed by atoms with E-state index < -0.39 is 17.4 Å². The fourth-order valence-corrected chi connectivity index (χ4v) is 0.172. The number of alkyl halides is 3. The molecule has 0 bridgehead atoms. The molecule has 0 aromatic heterocycles. The van der Waals surface area contributed by atoms with Gasteiger partial charge >= 0.3 is 12.0 Å². The molecule has 0 amide bonds. The summed E-state index contributed by atoms with van der Waals surface area (Å²) in [6, 6.07) is 0. The van der Waals surface area contributed by atoms with Crippen LogP contribution in [0.15, 0.2) is 5.21 Å². The minimum atomic E-state index is -5.46. The largest absolute Gasteiger partial charge is 0.457 e. The molecule has 10 heteroatoms. The molecule has 0 spiro atoms. The summed E-state index contributed by atoms with van der Waals surface area (Å²) in [6.07, 6.45) is -5.46. The van der Waals surface area contributed by atoms with Gasteiger partial charge in [-0.1, -0.05) is 18.7 Å². The fraction of sp³-hybridized carbons (Fsp3) is 0.800. The molecule has 0 atom stereocenters. The molecular weight excluding hydrogens is 341 g/mol. The van der Waals surface area contributed by atoms with E-state index in [4.69, 9.17) is 0 Å². The van der Waals surface area contributed by atoms with Crippen molar-refractivity contribution in [1.82, 2.24) is 5.34 Å². The van der Waals surface area contributed by atoms with E-state index in [1.807, 2.05) is 0 Å². The van der Waals surface area contributed by atoms with E-state index >= 15 is 0 Å². The van der Waals surface area contributed by atoms with Gasteiger partial charge in [0.05, 0.1) is 0 Å². The second-order valence-electron chi connectivity index (χ2n) is 2.48. The standard InChI is InChI=1S/C3H9P.C2F6N2.Ag/c1-4(2)3;3-2(4,5)1(9-6)10(7)8;/h1-3H3;;. The average Bonchev–Trinajstić information content (AvgIpc) is 1.81. The zero-order chi connectivity index (χ0) is 11.9. The monoisotopic (exact) mass is 349 g/mol.